The van der Waals surface area contributed by atoms with Crippen LogP contribution in [0.15, 0.2) is 91.1 Å². The number of hydrogen-bond acceptors (Lipinski definition) is 3. The number of ether oxygens (including phenoxy) is 1. The number of allylic oxidation sites excluding steroid dienone is 1. The average Bonchev–Trinajstić information content (AvgIpc) is 3.37. The van der Waals surface area contributed by atoms with E-state index in [9.17, 15) is 9.59 Å². The van der Waals surface area contributed by atoms with E-state index in [-0.39, 0.29) is 25.0 Å². The number of benzene rings is 3. The molecular formula is C34H38N2O4. The largest absolute Gasteiger partial charge is 0.491 e. The van der Waals surface area contributed by atoms with E-state index in [1.54, 1.807) is 18.2 Å². The molecular weight excluding hydrogens is 500 g/mol. The van der Waals surface area contributed by atoms with Crippen LogP contribution >= 0.6 is 0 Å². The van der Waals surface area contributed by atoms with Crippen molar-refractivity contribution in [2.24, 2.45) is 0 Å². The van der Waals surface area contributed by atoms with E-state index in [2.05, 4.69) is 77.6 Å². The molecule has 0 aliphatic heterocycles. The minimum Gasteiger partial charge on any atom is -0.491 e. The number of rotatable bonds is 14. The van der Waals surface area contributed by atoms with Crippen LogP contribution in [0.1, 0.15) is 69.5 Å². The lowest BCUT2D eigenvalue weighted by Gasteiger charge is -2.21. The van der Waals surface area contributed by atoms with Gasteiger partial charge in [0.15, 0.2) is 0 Å². The molecule has 6 nitrogen and oxygen atoms in total. The van der Waals surface area contributed by atoms with Gasteiger partial charge in [-0.2, -0.15) is 0 Å². The van der Waals surface area contributed by atoms with Crippen LogP contribution in [0.2, 0.25) is 0 Å². The van der Waals surface area contributed by atoms with Crippen LogP contribution in [-0.2, 0) is 9.59 Å². The second-order valence-electron chi connectivity index (χ2n) is 10.1. The van der Waals surface area contributed by atoms with Crippen molar-refractivity contribution in [3.05, 3.63) is 102 Å². The van der Waals surface area contributed by atoms with Gasteiger partial charge < -0.3 is 19.7 Å². The zero-order valence-electron chi connectivity index (χ0n) is 23.3. The van der Waals surface area contributed by atoms with Crippen molar-refractivity contribution in [1.82, 2.24) is 4.57 Å². The first-order valence-corrected chi connectivity index (χ1v) is 14.0. The van der Waals surface area contributed by atoms with Gasteiger partial charge in [-0.1, -0.05) is 74.7 Å². The Morgan fingerprint density at radius 2 is 1.75 bits per heavy atom. The van der Waals surface area contributed by atoms with Gasteiger partial charge in [-0.15, -0.1) is 0 Å². The van der Waals surface area contributed by atoms with Crippen LogP contribution in [-0.4, -0.2) is 28.2 Å². The zero-order chi connectivity index (χ0) is 28.3. The van der Waals surface area contributed by atoms with Gasteiger partial charge in [0, 0.05) is 29.6 Å². The third-order valence-electron chi connectivity index (χ3n) is 7.06. The molecule has 0 saturated heterocycles. The van der Waals surface area contributed by atoms with Crippen molar-refractivity contribution >= 4 is 34.0 Å². The zero-order valence-corrected chi connectivity index (χ0v) is 23.3. The number of carboxylic acids is 1. The summed E-state index contributed by atoms with van der Waals surface area (Å²) in [5.74, 6) is -0.595. The second-order valence-corrected chi connectivity index (χ2v) is 10.1. The number of hydrogen-bond donors (Lipinski definition) is 2. The van der Waals surface area contributed by atoms with Crippen molar-refractivity contribution in [2.45, 2.75) is 58.4 Å². The summed E-state index contributed by atoms with van der Waals surface area (Å²) in [5.41, 5.74) is 4.89. The maximum Gasteiger partial charge on any atom is 0.303 e. The van der Waals surface area contributed by atoms with Crippen LogP contribution in [0.3, 0.4) is 0 Å². The number of nitrogens with zero attached hydrogens (tertiary/aromatic N) is 1. The molecule has 1 unspecified atom stereocenters. The normalized spacial score (nSPS) is 12.3. The Morgan fingerprint density at radius 3 is 2.52 bits per heavy atom. The number of carbonyl (C=O) groups excluding carboxylic acids is 1. The number of nitrogens with one attached hydrogen (secondary N) is 1. The predicted octanol–water partition coefficient (Wildman–Crippen LogP) is 8.10. The van der Waals surface area contributed by atoms with Crippen LogP contribution in [0.25, 0.3) is 16.5 Å². The first-order valence-electron chi connectivity index (χ1n) is 14.0. The van der Waals surface area contributed by atoms with Gasteiger partial charge in [-0.25, -0.2) is 0 Å². The van der Waals surface area contributed by atoms with Gasteiger partial charge in [0.25, 0.3) is 0 Å². The summed E-state index contributed by atoms with van der Waals surface area (Å²) in [6.07, 6.45) is 8.90. The maximum absolute atomic E-state index is 12.9. The van der Waals surface area contributed by atoms with Crippen LogP contribution in [0.5, 0.6) is 5.75 Å². The topological polar surface area (TPSA) is 80.6 Å². The fraction of sp³-hybridized carbons (Fsp3) is 0.294. The monoisotopic (exact) mass is 538 g/mol. The van der Waals surface area contributed by atoms with Crippen LogP contribution in [0.4, 0.5) is 5.69 Å². The second kappa shape index (κ2) is 14.2. The molecule has 0 aliphatic carbocycles. The summed E-state index contributed by atoms with van der Waals surface area (Å²) in [7, 11) is 0. The Bertz CT molecular complexity index is 1460. The van der Waals surface area contributed by atoms with Crippen LogP contribution in [0, 0.1) is 0 Å². The van der Waals surface area contributed by atoms with Gasteiger partial charge in [0.05, 0.1) is 18.3 Å². The van der Waals surface area contributed by atoms with Gasteiger partial charge in [0.1, 0.15) is 5.75 Å². The highest BCUT2D eigenvalue weighted by Gasteiger charge is 2.16. The van der Waals surface area contributed by atoms with E-state index in [1.165, 1.54) is 30.3 Å². The molecule has 0 fully saturated rings. The van der Waals surface area contributed by atoms with Crippen molar-refractivity contribution in [2.75, 3.05) is 11.9 Å². The predicted molar refractivity (Wildman–Crippen MR) is 162 cm³/mol. The summed E-state index contributed by atoms with van der Waals surface area (Å²) in [6.45, 7) is 4.43. The van der Waals surface area contributed by atoms with Gasteiger partial charge in [-0.3, -0.25) is 9.59 Å². The molecule has 0 radical (unpaired) electrons. The number of carbonyl (C=O) groups is 2. The molecule has 1 aromatic heterocycles. The van der Waals surface area contributed by atoms with E-state index < -0.39 is 5.97 Å². The Morgan fingerprint density at radius 1 is 0.975 bits per heavy atom. The lowest BCUT2D eigenvalue weighted by atomic mass is 9.99. The SMILES string of the molecule is CCCCCC(c1ccccc1)n1ccc2cc(/C(C)=C/C(=O)Nc3ccccc3OCCCC(=O)O)ccc21. The van der Waals surface area contributed by atoms with Crippen molar-refractivity contribution in [1.29, 1.82) is 0 Å². The maximum atomic E-state index is 12.9. The van der Waals surface area contributed by atoms with E-state index in [0.717, 1.165) is 22.9 Å². The molecule has 4 rings (SSSR count). The van der Waals surface area contributed by atoms with Gasteiger partial charge in [0.2, 0.25) is 5.91 Å². The van der Waals surface area contributed by atoms with E-state index >= 15 is 0 Å². The molecule has 6 heteroatoms. The minimum atomic E-state index is -0.858. The molecule has 3 aromatic carbocycles. The smallest absolute Gasteiger partial charge is 0.303 e. The molecule has 0 aliphatic rings. The van der Waals surface area contributed by atoms with Crippen molar-refractivity contribution < 1.29 is 19.4 Å². The number of fused-ring (bicyclic) bond motifs is 1. The number of aromatic nitrogens is 1. The molecule has 40 heavy (non-hydrogen) atoms. The molecule has 4 aromatic rings. The van der Waals surface area contributed by atoms with E-state index in [0.29, 0.717) is 17.9 Å². The minimum absolute atomic E-state index is 0.0377. The fourth-order valence-corrected chi connectivity index (χ4v) is 4.96. The highest BCUT2D eigenvalue weighted by Crippen LogP contribution is 2.31. The first kappa shape index (κ1) is 28.7. The lowest BCUT2D eigenvalue weighted by Crippen LogP contribution is -2.11. The van der Waals surface area contributed by atoms with Gasteiger partial charge >= 0.3 is 5.97 Å². The van der Waals surface area contributed by atoms with Crippen molar-refractivity contribution in [3.8, 4) is 5.75 Å². The molecule has 0 spiro atoms. The standard InChI is InChI=1S/C34H38N2O4/c1-3-4-6-15-30(26-12-7-5-8-13-26)36-21-20-28-24-27(18-19-31(28)36)25(2)23-33(37)35-29-14-9-10-16-32(29)40-22-11-17-34(38)39/h5,7-10,12-14,16,18-21,23-24,30H,3-4,6,11,15,17,22H2,1-2H3,(H,35,37)(H,38,39)/b25-23+. The molecule has 2 N–H and O–H groups in total. The highest BCUT2D eigenvalue weighted by molar-refractivity contribution is 6.04. The van der Waals surface area contributed by atoms with E-state index in [1.807, 2.05) is 19.1 Å². The Kier molecular flexibility index (Phi) is 10.2. The summed E-state index contributed by atoms with van der Waals surface area (Å²) >= 11 is 0. The molecule has 0 saturated carbocycles. The van der Waals surface area contributed by atoms with Crippen molar-refractivity contribution in [3.63, 3.8) is 0 Å². The summed E-state index contributed by atoms with van der Waals surface area (Å²) in [5, 5.41) is 12.9. The Balaban J connectivity index is 1.49. The van der Waals surface area contributed by atoms with Gasteiger partial charge in [-0.05, 0) is 66.8 Å². The molecule has 1 heterocycles. The number of aliphatic carboxylic acids is 1. The summed E-state index contributed by atoms with van der Waals surface area (Å²) in [4.78, 5) is 23.6. The third-order valence-corrected chi connectivity index (χ3v) is 7.06. The quantitative estimate of drug-likeness (QED) is 0.126. The number of para-hydroxylation sites is 2. The summed E-state index contributed by atoms with van der Waals surface area (Å²) < 4.78 is 8.09. The number of anilines is 1. The van der Waals surface area contributed by atoms with E-state index in [4.69, 9.17) is 9.84 Å². The molecule has 0 bridgehead atoms. The number of unbranched alkanes of at least 4 members (excludes halogenated alkanes) is 2. The average molecular weight is 539 g/mol. The summed E-state index contributed by atoms with van der Waals surface area (Å²) in [6, 6.07) is 26.7. The Hall–Kier alpha value is -4.32. The molecule has 1 atom stereocenters. The Labute approximate surface area is 236 Å². The molecule has 1 amide bonds. The first-order chi connectivity index (χ1) is 19.5. The number of carboxylic acid groups (broad SMARTS) is 1. The van der Waals surface area contributed by atoms with Crippen LogP contribution < -0.4 is 10.1 Å². The molecule has 208 valence electrons. The lowest BCUT2D eigenvalue weighted by molar-refractivity contribution is -0.137. The number of amides is 1. The highest BCUT2D eigenvalue weighted by atomic mass is 16.5. The third kappa shape index (κ3) is 7.63. The fourth-order valence-electron chi connectivity index (χ4n) is 4.96.